The third-order valence-electron chi connectivity index (χ3n) is 4.94. The number of imidazole rings is 1. The van der Waals surface area contributed by atoms with E-state index in [0.29, 0.717) is 31.8 Å². The molecule has 0 aromatic carbocycles. The van der Waals surface area contributed by atoms with Gasteiger partial charge in [0.1, 0.15) is 5.82 Å². The Morgan fingerprint density at radius 2 is 2.19 bits per heavy atom. The van der Waals surface area contributed by atoms with Gasteiger partial charge < -0.3 is 18.8 Å². The standard InChI is InChI=1S/C19H26N4O3/c1-3-21-9-6-15(13-17(21)24)19(25)23-8-4-5-16(14-23)18-20-7-10-22(18)11-12-26-2/h6-7,9-10,13,16H,3-5,8,11-12,14H2,1-2H3/t16-/m1/s1. The Kier molecular flexibility index (Phi) is 5.88. The first-order valence-electron chi connectivity index (χ1n) is 9.13. The third-order valence-corrected chi connectivity index (χ3v) is 4.94. The van der Waals surface area contributed by atoms with Crippen molar-refractivity contribution in [2.45, 2.75) is 38.8 Å². The Hall–Kier alpha value is -2.41. The molecule has 26 heavy (non-hydrogen) atoms. The maximum atomic E-state index is 12.9. The normalized spacial score (nSPS) is 17.5. The Morgan fingerprint density at radius 3 is 2.92 bits per heavy atom. The predicted molar refractivity (Wildman–Crippen MR) is 98.4 cm³/mol. The molecule has 0 aliphatic carbocycles. The summed E-state index contributed by atoms with van der Waals surface area (Å²) in [6.07, 6.45) is 7.38. The van der Waals surface area contributed by atoms with Gasteiger partial charge in [0.2, 0.25) is 0 Å². The molecule has 7 nitrogen and oxygen atoms in total. The number of hydrogen-bond acceptors (Lipinski definition) is 4. The number of methoxy groups -OCH3 is 1. The molecule has 1 atom stereocenters. The summed E-state index contributed by atoms with van der Waals surface area (Å²) in [5.74, 6) is 1.13. The van der Waals surface area contributed by atoms with Gasteiger partial charge in [0, 0.05) is 69.4 Å². The number of carbonyl (C=O) groups is 1. The van der Waals surface area contributed by atoms with Crippen LogP contribution in [0.1, 0.15) is 41.9 Å². The van der Waals surface area contributed by atoms with E-state index in [2.05, 4.69) is 9.55 Å². The number of aryl methyl sites for hydroxylation is 1. The molecule has 2 aromatic heterocycles. The van der Waals surface area contributed by atoms with E-state index in [0.717, 1.165) is 25.2 Å². The van der Waals surface area contributed by atoms with Gasteiger partial charge >= 0.3 is 0 Å². The lowest BCUT2D eigenvalue weighted by Gasteiger charge is -2.32. The fraction of sp³-hybridized carbons (Fsp3) is 0.526. The minimum absolute atomic E-state index is 0.0787. The summed E-state index contributed by atoms with van der Waals surface area (Å²) in [6.45, 7) is 5.23. The lowest BCUT2D eigenvalue weighted by atomic mass is 9.96. The molecular formula is C19H26N4O3. The summed E-state index contributed by atoms with van der Waals surface area (Å²) in [5, 5.41) is 0. The first-order chi connectivity index (χ1) is 12.6. The first-order valence-corrected chi connectivity index (χ1v) is 9.13. The Balaban J connectivity index is 1.74. The highest BCUT2D eigenvalue weighted by Gasteiger charge is 2.28. The number of pyridine rings is 1. The second kappa shape index (κ2) is 8.31. The van der Waals surface area contributed by atoms with Crippen molar-refractivity contribution in [3.8, 4) is 0 Å². The fourth-order valence-electron chi connectivity index (χ4n) is 3.52. The molecule has 0 N–H and O–H groups in total. The van der Waals surface area contributed by atoms with Crippen LogP contribution < -0.4 is 5.56 Å². The summed E-state index contributed by atoms with van der Waals surface area (Å²) in [6, 6.07) is 3.17. The summed E-state index contributed by atoms with van der Waals surface area (Å²) in [5.41, 5.74) is 0.324. The van der Waals surface area contributed by atoms with Gasteiger partial charge in [0.25, 0.3) is 11.5 Å². The van der Waals surface area contributed by atoms with Gasteiger partial charge in [-0.2, -0.15) is 0 Å². The Bertz CT molecular complexity index is 811. The Labute approximate surface area is 153 Å². The van der Waals surface area contributed by atoms with Crippen LogP contribution in [0.3, 0.4) is 0 Å². The first kappa shape index (κ1) is 18.4. The van der Waals surface area contributed by atoms with Crippen LogP contribution in [0.2, 0.25) is 0 Å². The third kappa shape index (κ3) is 3.88. The van der Waals surface area contributed by atoms with Crippen molar-refractivity contribution in [1.82, 2.24) is 19.0 Å². The quantitative estimate of drug-likeness (QED) is 0.789. The van der Waals surface area contributed by atoms with E-state index >= 15 is 0 Å². The molecule has 2 aromatic rings. The molecule has 1 saturated heterocycles. The van der Waals surface area contributed by atoms with Crippen molar-refractivity contribution in [3.05, 3.63) is 52.5 Å². The SMILES string of the molecule is CCn1ccc(C(=O)N2CCC[C@@H](c3nccn3CCOC)C2)cc1=O. The summed E-state index contributed by atoms with van der Waals surface area (Å²) in [4.78, 5) is 31.2. The van der Waals surface area contributed by atoms with Gasteiger partial charge in [0.15, 0.2) is 0 Å². The number of hydrogen-bond donors (Lipinski definition) is 0. The number of rotatable bonds is 6. The molecular weight excluding hydrogens is 332 g/mol. The molecule has 0 spiro atoms. The van der Waals surface area contributed by atoms with E-state index in [1.807, 2.05) is 18.0 Å². The highest BCUT2D eigenvalue weighted by atomic mass is 16.5. The molecule has 140 valence electrons. The van der Waals surface area contributed by atoms with Crippen LogP contribution in [0.4, 0.5) is 0 Å². The lowest BCUT2D eigenvalue weighted by molar-refractivity contribution is 0.0702. The minimum atomic E-state index is -0.137. The molecule has 1 amide bonds. The second-order valence-corrected chi connectivity index (χ2v) is 6.60. The maximum absolute atomic E-state index is 12.9. The molecule has 7 heteroatoms. The molecule has 0 unspecified atom stereocenters. The number of amides is 1. The highest BCUT2D eigenvalue weighted by molar-refractivity contribution is 5.94. The van der Waals surface area contributed by atoms with E-state index in [9.17, 15) is 9.59 Å². The zero-order valence-corrected chi connectivity index (χ0v) is 15.4. The molecule has 1 aliphatic heterocycles. The van der Waals surface area contributed by atoms with Gasteiger partial charge in [0.05, 0.1) is 6.61 Å². The molecule has 1 aliphatic rings. The molecule has 0 radical (unpaired) electrons. The smallest absolute Gasteiger partial charge is 0.254 e. The molecule has 0 saturated carbocycles. The van der Waals surface area contributed by atoms with Crippen LogP contribution in [0.15, 0.2) is 35.5 Å². The van der Waals surface area contributed by atoms with Gasteiger partial charge in [-0.25, -0.2) is 4.98 Å². The monoisotopic (exact) mass is 358 g/mol. The average Bonchev–Trinajstić information content (AvgIpc) is 3.14. The summed E-state index contributed by atoms with van der Waals surface area (Å²) >= 11 is 0. The topological polar surface area (TPSA) is 69.4 Å². The van der Waals surface area contributed by atoms with Crippen LogP contribution >= 0.6 is 0 Å². The average molecular weight is 358 g/mol. The zero-order chi connectivity index (χ0) is 18.5. The van der Waals surface area contributed by atoms with Crippen molar-refractivity contribution < 1.29 is 9.53 Å². The van der Waals surface area contributed by atoms with Crippen LogP contribution in [-0.2, 0) is 17.8 Å². The number of ether oxygens (including phenoxy) is 1. The molecule has 1 fully saturated rings. The van der Waals surface area contributed by atoms with Crippen molar-refractivity contribution in [2.24, 2.45) is 0 Å². The van der Waals surface area contributed by atoms with Gasteiger partial charge in [-0.05, 0) is 25.8 Å². The van der Waals surface area contributed by atoms with Crippen molar-refractivity contribution in [3.63, 3.8) is 0 Å². The van der Waals surface area contributed by atoms with Crippen molar-refractivity contribution >= 4 is 5.91 Å². The second-order valence-electron chi connectivity index (χ2n) is 6.60. The number of nitrogens with zero attached hydrogens (tertiary/aromatic N) is 4. The zero-order valence-electron chi connectivity index (χ0n) is 15.4. The number of likely N-dealkylation sites (tertiary alicyclic amines) is 1. The largest absolute Gasteiger partial charge is 0.383 e. The van der Waals surface area contributed by atoms with Gasteiger partial charge in [-0.1, -0.05) is 0 Å². The highest BCUT2D eigenvalue weighted by Crippen LogP contribution is 2.26. The van der Waals surface area contributed by atoms with E-state index in [4.69, 9.17) is 4.74 Å². The summed E-state index contributed by atoms with van der Waals surface area (Å²) in [7, 11) is 1.68. The number of aromatic nitrogens is 3. The van der Waals surface area contributed by atoms with E-state index in [1.165, 1.54) is 6.07 Å². The molecule has 0 bridgehead atoms. The van der Waals surface area contributed by atoms with Gasteiger partial charge in [-0.15, -0.1) is 0 Å². The predicted octanol–water partition coefficient (Wildman–Crippen LogP) is 1.73. The van der Waals surface area contributed by atoms with Gasteiger partial charge in [-0.3, -0.25) is 9.59 Å². The lowest BCUT2D eigenvalue weighted by Crippen LogP contribution is -2.40. The number of carbonyl (C=O) groups excluding carboxylic acids is 1. The van der Waals surface area contributed by atoms with Crippen LogP contribution in [-0.4, -0.2) is 51.7 Å². The minimum Gasteiger partial charge on any atom is -0.383 e. The van der Waals surface area contributed by atoms with Crippen LogP contribution in [0.25, 0.3) is 0 Å². The van der Waals surface area contributed by atoms with Crippen LogP contribution in [0.5, 0.6) is 0 Å². The van der Waals surface area contributed by atoms with Crippen LogP contribution in [0, 0.1) is 0 Å². The fourth-order valence-corrected chi connectivity index (χ4v) is 3.52. The molecule has 3 heterocycles. The van der Waals surface area contributed by atoms with E-state index in [-0.39, 0.29) is 17.4 Å². The van der Waals surface area contributed by atoms with Crippen molar-refractivity contribution in [2.75, 3.05) is 26.8 Å². The maximum Gasteiger partial charge on any atom is 0.254 e. The van der Waals surface area contributed by atoms with Crippen molar-refractivity contribution in [1.29, 1.82) is 0 Å². The van der Waals surface area contributed by atoms with E-state index < -0.39 is 0 Å². The number of piperidine rings is 1. The summed E-state index contributed by atoms with van der Waals surface area (Å²) < 4.78 is 8.85. The van der Waals surface area contributed by atoms with E-state index in [1.54, 1.807) is 30.1 Å². The Morgan fingerprint density at radius 1 is 1.35 bits per heavy atom. The molecule has 3 rings (SSSR count).